The normalized spacial score (nSPS) is 10.5. The van der Waals surface area contributed by atoms with Crippen molar-refractivity contribution >= 4 is 23.2 Å². The van der Waals surface area contributed by atoms with E-state index in [4.69, 9.17) is 5.26 Å². The summed E-state index contributed by atoms with van der Waals surface area (Å²) in [5.41, 5.74) is 0. The molecule has 0 bridgehead atoms. The first-order valence-electron chi connectivity index (χ1n) is 8.30. The Kier molecular flexibility index (Phi) is 7.38. The molecule has 3 aromatic rings. The Hall–Kier alpha value is -1.94. The van der Waals surface area contributed by atoms with Crippen LogP contribution in [-0.2, 0) is 0 Å². The van der Waals surface area contributed by atoms with Crippen LogP contribution in [0, 0.1) is 11.3 Å². The van der Waals surface area contributed by atoms with E-state index in [1.165, 1.54) is 15.9 Å². The minimum absolute atomic E-state index is 0. The van der Waals surface area contributed by atoms with Crippen LogP contribution in [0.25, 0.3) is 0 Å². The van der Waals surface area contributed by atoms with E-state index in [-0.39, 0.29) is 17.0 Å². The first-order valence-corrected chi connectivity index (χ1v) is 10.3. The molecule has 0 aromatic heterocycles. The maximum atomic E-state index is 9.04. The molecule has 0 atom stereocenters. The van der Waals surface area contributed by atoms with Crippen molar-refractivity contribution in [2.24, 2.45) is 0 Å². The van der Waals surface area contributed by atoms with Crippen molar-refractivity contribution in [3.05, 3.63) is 91.0 Å². The molecular weight excluding hydrogens is 389 g/mol. The van der Waals surface area contributed by atoms with E-state index in [1.807, 2.05) is 0 Å². The lowest BCUT2D eigenvalue weighted by Gasteiger charge is -2.27. The van der Waals surface area contributed by atoms with Gasteiger partial charge in [0.05, 0.1) is 12.2 Å². The third kappa shape index (κ3) is 4.18. The van der Waals surface area contributed by atoms with Gasteiger partial charge in [-0.1, -0.05) is 54.6 Å². The Bertz CT molecular complexity index is 701. The summed E-state index contributed by atoms with van der Waals surface area (Å²) < 4.78 is 0. The smallest absolute Gasteiger partial charge is 0.112 e. The second-order valence-electron chi connectivity index (χ2n) is 5.80. The summed E-state index contributed by atoms with van der Waals surface area (Å²) in [6.45, 7) is 0. The molecule has 0 aliphatic heterocycles. The van der Waals surface area contributed by atoms with E-state index in [0.717, 1.165) is 12.6 Å². The van der Waals surface area contributed by atoms with Crippen LogP contribution in [0.2, 0.25) is 0 Å². The molecule has 0 saturated carbocycles. The van der Waals surface area contributed by atoms with Gasteiger partial charge in [-0.2, -0.15) is 5.26 Å². The molecule has 0 unspecified atom stereocenters. The van der Waals surface area contributed by atoms with E-state index in [1.54, 1.807) is 0 Å². The number of unbranched alkanes of at least 4 members (excludes halogenated alkanes) is 1. The molecule has 0 radical (unpaired) electrons. The predicted molar refractivity (Wildman–Crippen MR) is 105 cm³/mol. The summed E-state index contributed by atoms with van der Waals surface area (Å²) in [6, 6.07) is 34.8. The zero-order valence-corrected chi connectivity index (χ0v) is 16.5. The topological polar surface area (TPSA) is 23.8 Å². The number of halogens is 1. The molecule has 1 nitrogen and oxygen atoms in total. The van der Waals surface area contributed by atoms with Gasteiger partial charge in [0.1, 0.15) is 23.2 Å². The SMILES string of the molecule is N#CCCC[P+](c1ccccc1)(c1ccccc1)c1ccccc1.[Br-]. The summed E-state index contributed by atoms with van der Waals surface area (Å²) in [5, 5.41) is 13.2. The molecule has 0 N–H and O–H groups in total. The standard InChI is InChI=1S/C22H21NP.BrH/c23-18-10-11-19-24(20-12-4-1-5-13-20,21-14-6-2-7-15-21)22-16-8-3-9-17-22;/h1-9,12-17H,10-11,19H2;1H/q+1;/p-1. The van der Waals surface area contributed by atoms with E-state index in [9.17, 15) is 0 Å². The molecule has 0 spiro atoms. The summed E-state index contributed by atoms with van der Waals surface area (Å²) in [4.78, 5) is 0. The third-order valence-corrected chi connectivity index (χ3v) is 8.90. The van der Waals surface area contributed by atoms with E-state index in [2.05, 4.69) is 97.1 Å². The van der Waals surface area contributed by atoms with Crippen LogP contribution < -0.4 is 32.9 Å². The molecule has 0 fully saturated rings. The molecule has 25 heavy (non-hydrogen) atoms. The number of nitriles is 1. The monoisotopic (exact) mass is 409 g/mol. The van der Waals surface area contributed by atoms with Crippen molar-refractivity contribution in [1.29, 1.82) is 5.26 Å². The van der Waals surface area contributed by atoms with Crippen molar-refractivity contribution < 1.29 is 17.0 Å². The van der Waals surface area contributed by atoms with Gasteiger partial charge in [0.15, 0.2) is 0 Å². The van der Waals surface area contributed by atoms with Crippen molar-refractivity contribution in [1.82, 2.24) is 0 Å². The fraction of sp³-hybridized carbons (Fsp3) is 0.136. The summed E-state index contributed by atoms with van der Waals surface area (Å²) in [7, 11) is -1.73. The zero-order chi connectivity index (χ0) is 16.7. The van der Waals surface area contributed by atoms with Gasteiger partial charge < -0.3 is 17.0 Å². The summed E-state index contributed by atoms with van der Waals surface area (Å²) >= 11 is 0. The van der Waals surface area contributed by atoms with E-state index in [0.29, 0.717) is 6.42 Å². The quantitative estimate of drug-likeness (QED) is 0.444. The maximum absolute atomic E-state index is 9.04. The molecular formula is C22H21BrNP. The van der Waals surface area contributed by atoms with Gasteiger partial charge in [0, 0.05) is 6.42 Å². The van der Waals surface area contributed by atoms with Crippen LogP contribution in [-0.4, -0.2) is 6.16 Å². The lowest BCUT2D eigenvalue weighted by atomic mass is 10.3. The van der Waals surface area contributed by atoms with Gasteiger partial charge in [-0.15, -0.1) is 0 Å². The molecule has 0 amide bonds. The Labute approximate surface area is 161 Å². The van der Waals surface area contributed by atoms with Gasteiger partial charge in [0.2, 0.25) is 0 Å². The first-order chi connectivity index (χ1) is 11.9. The third-order valence-electron chi connectivity index (χ3n) is 4.37. The van der Waals surface area contributed by atoms with Crippen LogP contribution in [0.3, 0.4) is 0 Å². The summed E-state index contributed by atoms with van der Waals surface area (Å²) in [6.07, 6.45) is 2.55. The Balaban J connectivity index is 0.00000225. The van der Waals surface area contributed by atoms with Crippen molar-refractivity contribution in [2.75, 3.05) is 6.16 Å². The van der Waals surface area contributed by atoms with Crippen LogP contribution in [0.1, 0.15) is 12.8 Å². The maximum Gasteiger partial charge on any atom is 0.112 e. The van der Waals surface area contributed by atoms with E-state index >= 15 is 0 Å². The lowest BCUT2D eigenvalue weighted by Crippen LogP contribution is -3.00. The number of benzene rings is 3. The Morgan fingerprint density at radius 1 is 0.640 bits per heavy atom. The molecule has 3 aromatic carbocycles. The number of rotatable bonds is 6. The molecule has 0 heterocycles. The fourth-order valence-electron chi connectivity index (χ4n) is 3.28. The largest absolute Gasteiger partial charge is 1.00 e. The summed E-state index contributed by atoms with van der Waals surface area (Å²) in [5.74, 6) is 0. The highest BCUT2D eigenvalue weighted by molar-refractivity contribution is 7.95. The second kappa shape index (κ2) is 9.52. The fourth-order valence-corrected chi connectivity index (χ4v) is 7.62. The van der Waals surface area contributed by atoms with Crippen molar-refractivity contribution in [3.8, 4) is 6.07 Å². The van der Waals surface area contributed by atoms with Gasteiger partial charge in [0.25, 0.3) is 0 Å². The predicted octanol–water partition coefficient (Wildman–Crippen LogP) is 1.29. The molecule has 3 rings (SSSR count). The van der Waals surface area contributed by atoms with Gasteiger partial charge >= 0.3 is 0 Å². The lowest BCUT2D eigenvalue weighted by molar-refractivity contribution is -0.00000494. The van der Waals surface area contributed by atoms with Crippen LogP contribution in [0.5, 0.6) is 0 Å². The van der Waals surface area contributed by atoms with Crippen molar-refractivity contribution in [2.45, 2.75) is 12.8 Å². The highest BCUT2D eigenvalue weighted by Gasteiger charge is 2.44. The highest BCUT2D eigenvalue weighted by Crippen LogP contribution is 2.55. The zero-order valence-electron chi connectivity index (χ0n) is 14.1. The minimum atomic E-state index is -1.73. The van der Waals surface area contributed by atoms with Gasteiger partial charge in [-0.25, -0.2) is 0 Å². The molecule has 126 valence electrons. The number of hydrogen-bond donors (Lipinski definition) is 0. The molecule has 0 aliphatic rings. The van der Waals surface area contributed by atoms with E-state index < -0.39 is 7.26 Å². The van der Waals surface area contributed by atoms with Gasteiger partial charge in [-0.05, 0) is 42.8 Å². The molecule has 3 heteroatoms. The first kappa shape index (κ1) is 19.4. The molecule has 0 aliphatic carbocycles. The Morgan fingerprint density at radius 2 is 1.00 bits per heavy atom. The highest BCUT2D eigenvalue weighted by atomic mass is 79.9. The number of hydrogen-bond acceptors (Lipinski definition) is 1. The average molecular weight is 410 g/mol. The van der Waals surface area contributed by atoms with Crippen LogP contribution >= 0.6 is 7.26 Å². The van der Waals surface area contributed by atoms with Crippen LogP contribution in [0.4, 0.5) is 0 Å². The second-order valence-corrected chi connectivity index (χ2v) is 9.42. The minimum Gasteiger partial charge on any atom is -1.00 e. The number of nitrogens with zero attached hydrogens (tertiary/aromatic N) is 1. The van der Waals surface area contributed by atoms with Gasteiger partial charge in [-0.3, -0.25) is 0 Å². The Morgan fingerprint density at radius 3 is 1.32 bits per heavy atom. The van der Waals surface area contributed by atoms with Crippen LogP contribution in [0.15, 0.2) is 91.0 Å². The molecule has 0 saturated heterocycles. The van der Waals surface area contributed by atoms with Crippen molar-refractivity contribution in [3.63, 3.8) is 0 Å². The average Bonchev–Trinajstić information content (AvgIpc) is 2.68.